The number of methoxy groups -OCH3 is 2. The van der Waals surface area contributed by atoms with Gasteiger partial charge < -0.3 is 24.1 Å². The normalized spacial score (nSPS) is 10.8. The lowest BCUT2D eigenvalue weighted by atomic mass is 10.1. The number of rotatable bonds is 10. The molecule has 6 heteroatoms. The summed E-state index contributed by atoms with van der Waals surface area (Å²) in [4.78, 5) is 14.4. The van der Waals surface area contributed by atoms with Crippen LogP contribution in [0.1, 0.15) is 25.2 Å². The SMILES string of the molecule is COc1ccc(CCN(Cc2ccco2)C(=O)CNC(C)C)cc1OC. The minimum atomic E-state index is 0.0515. The molecule has 2 rings (SSSR count). The molecule has 26 heavy (non-hydrogen) atoms. The standard InChI is InChI=1S/C20H28N2O4/c1-15(2)21-13-20(23)22(14-17-6-5-11-26-17)10-9-16-7-8-18(24-3)19(12-16)25-4/h5-8,11-12,15,21H,9-10,13-14H2,1-4H3. The molecule has 142 valence electrons. The van der Waals surface area contributed by atoms with Gasteiger partial charge in [0.1, 0.15) is 5.76 Å². The molecule has 0 fully saturated rings. The van der Waals surface area contributed by atoms with Crippen molar-refractivity contribution in [3.8, 4) is 11.5 Å². The van der Waals surface area contributed by atoms with Crippen LogP contribution in [0.15, 0.2) is 41.0 Å². The summed E-state index contributed by atoms with van der Waals surface area (Å²) < 4.78 is 16.0. The Hall–Kier alpha value is -2.47. The Morgan fingerprint density at radius 1 is 1.19 bits per heavy atom. The second kappa shape index (κ2) is 9.87. The van der Waals surface area contributed by atoms with Gasteiger partial charge in [0, 0.05) is 12.6 Å². The zero-order valence-electron chi connectivity index (χ0n) is 16.0. The fourth-order valence-electron chi connectivity index (χ4n) is 2.59. The van der Waals surface area contributed by atoms with E-state index in [-0.39, 0.29) is 11.9 Å². The van der Waals surface area contributed by atoms with E-state index < -0.39 is 0 Å². The van der Waals surface area contributed by atoms with Gasteiger partial charge in [0.15, 0.2) is 11.5 Å². The van der Waals surface area contributed by atoms with Crippen molar-refractivity contribution in [2.24, 2.45) is 0 Å². The highest BCUT2D eigenvalue weighted by Gasteiger charge is 2.16. The minimum Gasteiger partial charge on any atom is -0.493 e. The zero-order valence-corrected chi connectivity index (χ0v) is 16.0. The summed E-state index contributed by atoms with van der Waals surface area (Å²) in [5.74, 6) is 2.21. The molecule has 0 bridgehead atoms. The van der Waals surface area contributed by atoms with Crippen LogP contribution >= 0.6 is 0 Å². The highest BCUT2D eigenvalue weighted by molar-refractivity contribution is 5.78. The van der Waals surface area contributed by atoms with Crippen molar-refractivity contribution in [2.75, 3.05) is 27.3 Å². The van der Waals surface area contributed by atoms with E-state index in [1.54, 1.807) is 20.5 Å². The first-order chi connectivity index (χ1) is 12.5. The molecule has 6 nitrogen and oxygen atoms in total. The maximum absolute atomic E-state index is 12.6. The van der Waals surface area contributed by atoms with Crippen LogP contribution in [-0.4, -0.2) is 44.2 Å². The van der Waals surface area contributed by atoms with Crippen molar-refractivity contribution >= 4 is 5.91 Å². The van der Waals surface area contributed by atoms with Gasteiger partial charge in [0.25, 0.3) is 0 Å². The first kappa shape index (κ1) is 19.8. The van der Waals surface area contributed by atoms with E-state index in [9.17, 15) is 4.79 Å². The Balaban J connectivity index is 2.04. The largest absolute Gasteiger partial charge is 0.493 e. The summed E-state index contributed by atoms with van der Waals surface area (Å²) in [6.07, 6.45) is 2.34. The van der Waals surface area contributed by atoms with E-state index in [0.29, 0.717) is 37.6 Å². The number of nitrogens with one attached hydrogen (secondary N) is 1. The average Bonchev–Trinajstić information content (AvgIpc) is 3.15. The first-order valence-electron chi connectivity index (χ1n) is 8.78. The number of carbonyl (C=O) groups excluding carboxylic acids is 1. The average molecular weight is 360 g/mol. The van der Waals surface area contributed by atoms with Gasteiger partial charge in [-0.2, -0.15) is 0 Å². The molecule has 0 aliphatic carbocycles. The molecule has 0 saturated carbocycles. The third-order valence-electron chi connectivity index (χ3n) is 4.06. The smallest absolute Gasteiger partial charge is 0.236 e. The molecule has 0 saturated heterocycles. The number of ether oxygens (including phenoxy) is 2. The number of nitrogens with zero attached hydrogens (tertiary/aromatic N) is 1. The lowest BCUT2D eigenvalue weighted by molar-refractivity contribution is -0.131. The van der Waals surface area contributed by atoms with Crippen molar-refractivity contribution in [2.45, 2.75) is 32.9 Å². The summed E-state index contributed by atoms with van der Waals surface area (Å²) in [5.41, 5.74) is 1.08. The van der Waals surface area contributed by atoms with Crippen molar-refractivity contribution in [1.29, 1.82) is 0 Å². The fourth-order valence-corrected chi connectivity index (χ4v) is 2.59. The van der Waals surface area contributed by atoms with Gasteiger partial charge >= 0.3 is 0 Å². The quantitative estimate of drug-likeness (QED) is 0.706. The second-order valence-electron chi connectivity index (χ2n) is 6.37. The Labute approximate surface area is 155 Å². The van der Waals surface area contributed by atoms with Crippen LogP contribution < -0.4 is 14.8 Å². The highest BCUT2D eigenvalue weighted by Crippen LogP contribution is 2.27. The highest BCUT2D eigenvalue weighted by atomic mass is 16.5. The van der Waals surface area contributed by atoms with Crippen molar-refractivity contribution in [3.05, 3.63) is 47.9 Å². The topological polar surface area (TPSA) is 63.9 Å². The number of hydrogen-bond donors (Lipinski definition) is 1. The molecule has 1 aromatic heterocycles. The van der Waals surface area contributed by atoms with E-state index in [1.807, 2.05) is 49.1 Å². The number of amides is 1. The molecular weight excluding hydrogens is 332 g/mol. The molecule has 1 heterocycles. The third-order valence-corrected chi connectivity index (χ3v) is 4.06. The maximum Gasteiger partial charge on any atom is 0.236 e. The molecular formula is C20H28N2O4. The van der Waals surface area contributed by atoms with Crippen LogP contribution in [0.5, 0.6) is 11.5 Å². The summed E-state index contributed by atoms with van der Waals surface area (Å²) in [6.45, 7) is 5.40. The molecule has 0 radical (unpaired) electrons. The predicted molar refractivity (Wildman–Crippen MR) is 101 cm³/mol. The van der Waals surface area contributed by atoms with E-state index in [1.165, 1.54) is 0 Å². The van der Waals surface area contributed by atoms with Gasteiger partial charge in [-0.25, -0.2) is 0 Å². The van der Waals surface area contributed by atoms with Crippen LogP contribution in [0.2, 0.25) is 0 Å². The number of hydrogen-bond acceptors (Lipinski definition) is 5. The molecule has 1 aromatic carbocycles. The molecule has 2 aromatic rings. The summed E-state index contributed by atoms with van der Waals surface area (Å²) in [7, 11) is 3.23. The van der Waals surface area contributed by atoms with Gasteiger partial charge in [-0.05, 0) is 36.2 Å². The number of benzene rings is 1. The zero-order chi connectivity index (χ0) is 18.9. The monoisotopic (exact) mass is 360 g/mol. The predicted octanol–water partition coefficient (Wildman–Crippen LogP) is 2.87. The summed E-state index contributed by atoms with van der Waals surface area (Å²) in [5, 5.41) is 3.18. The van der Waals surface area contributed by atoms with E-state index in [2.05, 4.69) is 5.32 Å². The lowest BCUT2D eigenvalue weighted by Crippen LogP contribution is -2.40. The Morgan fingerprint density at radius 3 is 2.58 bits per heavy atom. The minimum absolute atomic E-state index is 0.0515. The van der Waals surface area contributed by atoms with Gasteiger partial charge in [-0.3, -0.25) is 4.79 Å². The second-order valence-corrected chi connectivity index (χ2v) is 6.37. The lowest BCUT2D eigenvalue weighted by Gasteiger charge is -2.23. The van der Waals surface area contributed by atoms with Crippen LogP contribution in [0.25, 0.3) is 0 Å². The van der Waals surface area contributed by atoms with Gasteiger partial charge in [0.05, 0.1) is 33.6 Å². The van der Waals surface area contributed by atoms with Crippen LogP contribution in [-0.2, 0) is 17.8 Å². The Bertz CT molecular complexity index is 683. The van der Waals surface area contributed by atoms with Gasteiger partial charge in [-0.15, -0.1) is 0 Å². The number of furan rings is 1. The van der Waals surface area contributed by atoms with E-state index in [4.69, 9.17) is 13.9 Å². The molecule has 0 unspecified atom stereocenters. The van der Waals surface area contributed by atoms with Gasteiger partial charge in [-0.1, -0.05) is 19.9 Å². The molecule has 1 N–H and O–H groups in total. The molecule has 1 amide bonds. The van der Waals surface area contributed by atoms with Crippen molar-refractivity contribution in [3.63, 3.8) is 0 Å². The molecule has 0 aliphatic heterocycles. The fraction of sp³-hybridized carbons (Fsp3) is 0.450. The van der Waals surface area contributed by atoms with E-state index >= 15 is 0 Å². The third kappa shape index (κ3) is 5.81. The summed E-state index contributed by atoms with van der Waals surface area (Å²) in [6, 6.07) is 9.79. The van der Waals surface area contributed by atoms with Crippen LogP contribution in [0.4, 0.5) is 0 Å². The van der Waals surface area contributed by atoms with Gasteiger partial charge in [0.2, 0.25) is 5.91 Å². The van der Waals surface area contributed by atoms with E-state index in [0.717, 1.165) is 11.3 Å². The summed E-state index contributed by atoms with van der Waals surface area (Å²) >= 11 is 0. The maximum atomic E-state index is 12.6. The molecule has 0 aliphatic rings. The van der Waals surface area contributed by atoms with Crippen molar-refractivity contribution < 1.29 is 18.7 Å². The van der Waals surface area contributed by atoms with Crippen LogP contribution in [0, 0.1) is 0 Å². The number of carbonyl (C=O) groups is 1. The molecule has 0 atom stereocenters. The van der Waals surface area contributed by atoms with Crippen LogP contribution in [0.3, 0.4) is 0 Å². The van der Waals surface area contributed by atoms with Crippen molar-refractivity contribution in [1.82, 2.24) is 10.2 Å². The Morgan fingerprint density at radius 2 is 1.96 bits per heavy atom. The Kier molecular flexibility index (Phi) is 7.53. The first-order valence-corrected chi connectivity index (χ1v) is 8.78. The molecule has 0 spiro atoms.